The summed E-state index contributed by atoms with van der Waals surface area (Å²) in [6.07, 6.45) is 6.55. The first-order valence-corrected chi connectivity index (χ1v) is 5.21. The van der Waals surface area contributed by atoms with Crippen molar-refractivity contribution in [2.24, 2.45) is 0 Å². The molecule has 0 amide bonds. The Morgan fingerprint density at radius 1 is 1.15 bits per heavy atom. The lowest BCUT2D eigenvalue weighted by Crippen LogP contribution is -2.23. The van der Waals surface area contributed by atoms with Crippen molar-refractivity contribution in [3.8, 4) is 0 Å². The average molecular weight is 186 g/mol. The predicted molar refractivity (Wildman–Crippen MR) is 55.6 cm³/mol. The van der Waals surface area contributed by atoms with Gasteiger partial charge in [-0.25, -0.2) is 0 Å². The van der Waals surface area contributed by atoms with Crippen LogP contribution in [-0.2, 0) is 0 Å². The van der Waals surface area contributed by atoms with Crippen molar-refractivity contribution in [3.05, 3.63) is 12.7 Å². The maximum Gasteiger partial charge on any atom is 0.0977 e. The van der Waals surface area contributed by atoms with E-state index in [0.29, 0.717) is 6.42 Å². The standard InChI is InChI=1S/C11H22O2/c1-3-5-6-7-8-9-11(13)10(12)4-2/h4,10-13H,2-3,5-9H2,1H3. The number of hydrogen-bond donors (Lipinski definition) is 2. The first kappa shape index (κ1) is 12.7. The van der Waals surface area contributed by atoms with Crippen molar-refractivity contribution in [3.63, 3.8) is 0 Å². The zero-order valence-electron chi connectivity index (χ0n) is 8.58. The molecule has 0 aliphatic heterocycles. The normalized spacial score (nSPS) is 15.3. The Bertz CT molecular complexity index is 123. The minimum atomic E-state index is -0.758. The second-order valence-electron chi connectivity index (χ2n) is 3.50. The van der Waals surface area contributed by atoms with E-state index in [1.54, 1.807) is 0 Å². The summed E-state index contributed by atoms with van der Waals surface area (Å²) in [6, 6.07) is 0. The molecule has 0 saturated carbocycles. The minimum Gasteiger partial charge on any atom is -0.390 e. The molecule has 0 rings (SSSR count). The molecule has 0 fully saturated rings. The van der Waals surface area contributed by atoms with E-state index in [2.05, 4.69) is 13.5 Å². The molecule has 0 aromatic carbocycles. The van der Waals surface area contributed by atoms with Crippen LogP contribution in [0, 0.1) is 0 Å². The largest absolute Gasteiger partial charge is 0.390 e. The van der Waals surface area contributed by atoms with E-state index in [1.165, 1.54) is 25.3 Å². The van der Waals surface area contributed by atoms with Gasteiger partial charge < -0.3 is 10.2 Å². The Morgan fingerprint density at radius 2 is 1.77 bits per heavy atom. The van der Waals surface area contributed by atoms with Crippen molar-refractivity contribution in [1.82, 2.24) is 0 Å². The first-order valence-electron chi connectivity index (χ1n) is 5.21. The van der Waals surface area contributed by atoms with E-state index < -0.39 is 12.2 Å². The highest BCUT2D eigenvalue weighted by molar-refractivity contribution is 4.83. The van der Waals surface area contributed by atoms with Gasteiger partial charge in [0.25, 0.3) is 0 Å². The van der Waals surface area contributed by atoms with Crippen LogP contribution in [-0.4, -0.2) is 22.4 Å². The van der Waals surface area contributed by atoms with Gasteiger partial charge in [-0.2, -0.15) is 0 Å². The molecule has 13 heavy (non-hydrogen) atoms. The average Bonchev–Trinajstić information content (AvgIpc) is 2.16. The third-order valence-corrected chi connectivity index (χ3v) is 2.24. The third-order valence-electron chi connectivity index (χ3n) is 2.24. The van der Waals surface area contributed by atoms with E-state index in [1.807, 2.05) is 0 Å². The lowest BCUT2D eigenvalue weighted by molar-refractivity contribution is 0.0416. The van der Waals surface area contributed by atoms with Gasteiger partial charge in [-0.1, -0.05) is 45.1 Å². The second kappa shape index (κ2) is 8.27. The maximum absolute atomic E-state index is 9.35. The summed E-state index contributed by atoms with van der Waals surface area (Å²) in [7, 11) is 0. The molecule has 0 saturated heterocycles. The van der Waals surface area contributed by atoms with Crippen molar-refractivity contribution < 1.29 is 10.2 Å². The van der Waals surface area contributed by atoms with E-state index in [9.17, 15) is 5.11 Å². The lowest BCUT2D eigenvalue weighted by Gasteiger charge is -2.13. The molecular formula is C11H22O2. The highest BCUT2D eigenvalue weighted by atomic mass is 16.3. The van der Waals surface area contributed by atoms with Crippen LogP contribution in [0.5, 0.6) is 0 Å². The summed E-state index contributed by atoms with van der Waals surface area (Å²) in [6.45, 7) is 5.61. The Balaban J connectivity index is 3.26. The van der Waals surface area contributed by atoms with Crippen molar-refractivity contribution >= 4 is 0 Å². The fourth-order valence-corrected chi connectivity index (χ4v) is 1.28. The quantitative estimate of drug-likeness (QED) is 0.451. The Labute approximate surface area is 81.3 Å². The summed E-state index contributed by atoms with van der Waals surface area (Å²) in [4.78, 5) is 0. The maximum atomic E-state index is 9.35. The van der Waals surface area contributed by atoms with Gasteiger partial charge in [-0.3, -0.25) is 0 Å². The SMILES string of the molecule is C=CC(O)C(O)CCCCCCC. The molecule has 0 radical (unpaired) electrons. The molecule has 78 valence electrons. The molecule has 0 aliphatic carbocycles. The predicted octanol–water partition coefficient (Wildman–Crippen LogP) is 2.25. The molecule has 0 bridgehead atoms. The van der Waals surface area contributed by atoms with Gasteiger partial charge in [0.15, 0.2) is 0 Å². The lowest BCUT2D eigenvalue weighted by atomic mass is 10.0. The fourth-order valence-electron chi connectivity index (χ4n) is 1.28. The number of aliphatic hydroxyl groups excluding tert-OH is 2. The van der Waals surface area contributed by atoms with Gasteiger partial charge in [0, 0.05) is 0 Å². The van der Waals surface area contributed by atoms with Gasteiger partial charge in [0.05, 0.1) is 12.2 Å². The number of rotatable bonds is 8. The van der Waals surface area contributed by atoms with Crippen molar-refractivity contribution in [2.45, 2.75) is 57.7 Å². The van der Waals surface area contributed by atoms with E-state index in [-0.39, 0.29) is 0 Å². The van der Waals surface area contributed by atoms with Gasteiger partial charge >= 0.3 is 0 Å². The molecule has 2 nitrogen and oxygen atoms in total. The van der Waals surface area contributed by atoms with Gasteiger partial charge in [-0.15, -0.1) is 6.58 Å². The highest BCUT2D eigenvalue weighted by Crippen LogP contribution is 2.09. The molecule has 0 aromatic heterocycles. The highest BCUT2D eigenvalue weighted by Gasteiger charge is 2.11. The van der Waals surface area contributed by atoms with Crippen molar-refractivity contribution in [2.75, 3.05) is 0 Å². The zero-order chi connectivity index (χ0) is 10.1. The second-order valence-corrected chi connectivity index (χ2v) is 3.50. The molecule has 0 aliphatic rings. The summed E-state index contributed by atoms with van der Waals surface area (Å²) >= 11 is 0. The van der Waals surface area contributed by atoms with Gasteiger partial charge in [-0.05, 0) is 6.42 Å². The van der Waals surface area contributed by atoms with E-state index >= 15 is 0 Å². The molecule has 2 N–H and O–H groups in total. The topological polar surface area (TPSA) is 40.5 Å². The summed E-state index contributed by atoms with van der Waals surface area (Å²) in [5.74, 6) is 0. The van der Waals surface area contributed by atoms with Crippen LogP contribution >= 0.6 is 0 Å². The number of hydrogen-bond acceptors (Lipinski definition) is 2. The van der Waals surface area contributed by atoms with Gasteiger partial charge in [0.1, 0.15) is 0 Å². The zero-order valence-corrected chi connectivity index (χ0v) is 8.58. The summed E-state index contributed by atoms with van der Waals surface area (Å²) in [5.41, 5.74) is 0. The van der Waals surface area contributed by atoms with Crippen LogP contribution in [0.1, 0.15) is 45.4 Å². The fraction of sp³-hybridized carbons (Fsp3) is 0.818. The summed E-state index contributed by atoms with van der Waals surface area (Å²) < 4.78 is 0. The van der Waals surface area contributed by atoms with Crippen LogP contribution < -0.4 is 0 Å². The monoisotopic (exact) mass is 186 g/mol. The number of aliphatic hydroxyl groups is 2. The molecule has 2 heteroatoms. The van der Waals surface area contributed by atoms with Crippen LogP contribution in [0.3, 0.4) is 0 Å². The minimum absolute atomic E-state index is 0.626. The molecular weight excluding hydrogens is 164 g/mol. The van der Waals surface area contributed by atoms with Gasteiger partial charge in [0.2, 0.25) is 0 Å². The summed E-state index contributed by atoms with van der Waals surface area (Å²) in [5, 5.41) is 18.5. The van der Waals surface area contributed by atoms with Crippen LogP contribution in [0.4, 0.5) is 0 Å². The Morgan fingerprint density at radius 3 is 2.31 bits per heavy atom. The smallest absolute Gasteiger partial charge is 0.0977 e. The Kier molecular flexibility index (Phi) is 8.05. The molecule has 0 aromatic rings. The molecule has 0 heterocycles. The van der Waals surface area contributed by atoms with Crippen LogP contribution in [0.2, 0.25) is 0 Å². The molecule has 2 unspecified atom stereocenters. The van der Waals surface area contributed by atoms with E-state index in [0.717, 1.165) is 12.8 Å². The molecule has 0 spiro atoms. The first-order chi connectivity index (χ1) is 6.22. The third kappa shape index (κ3) is 6.79. The van der Waals surface area contributed by atoms with Crippen LogP contribution in [0.25, 0.3) is 0 Å². The van der Waals surface area contributed by atoms with E-state index in [4.69, 9.17) is 5.11 Å². The van der Waals surface area contributed by atoms with Crippen LogP contribution in [0.15, 0.2) is 12.7 Å². The Hall–Kier alpha value is -0.340. The van der Waals surface area contributed by atoms with Crippen molar-refractivity contribution in [1.29, 1.82) is 0 Å². The molecule has 2 atom stereocenters. The number of unbranched alkanes of at least 4 members (excludes halogenated alkanes) is 4.